The molecule has 2 aromatic rings. The normalized spacial score (nSPS) is 11.5. The van der Waals surface area contributed by atoms with Crippen LogP contribution < -0.4 is 0 Å². The fourth-order valence-electron chi connectivity index (χ4n) is 3.84. The van der Waals surface area contributed by atoms with Crippen LogP contribution in [0.3, 0.4) is 0 Å². The van der Waals surface area contributed by atoms with Gasteiger partial charge in [0.2, 0.25) is 0 Å². The Morgan fingerprint density at radius 2 is 1.28 bits per heavy atom. The summed E-state index contributed by atoms with van der Waals surface area (Å²) in [5.41, 5.74) is 1.52. The molecule has 0 aliphatic heterocycles. The maximum Gasteiger partial charge on any atom is -0.00187 e. The van der Waals surface area contributed by atoms with Crippen LogP contribution in [0, 0.1) is 0 Å². The Bertz CT molecular complexity index is 578. The molecule has 0 atom stereocenters. The number of unbranched alkanes of at least 4 members (excludes halogenated alkanes) is 5. The molecule has 0 aliphatic rings. The summed E-state index contributed by atoms with van der Waals surface area (Å²) in [5, 5.41) is 2.82. The molecular weight excluding hydrogens is 302 g/mol. The van der Waals surface area contributed by atoms with E-state index >= 15 is 0 Å². The minimum Gasteiger partial charge on any atom is -0.303 e. The average molecular weight is 340 g/mol. The highest BCUT2D eigenvalue weighted by Crippen LogP contribution is 2.20. The van der Waals surface area contributed by atoms with Gasteiger partial charge in [0.15, 0.2) is 0 Å². The van der Waals surface area contributed by atoms with E-state index in [1.807, 2.05) is 0 Å². The van der Waals surface area contributed by atoms with Crippen LogP contribution in [0.4, 0.5) is 0 Å². The number of rotatable bonds is 13. The van der Waals surface area contributed by atoms with Gasteiger partial charge in [-0.1, -0.05) is 82.0 Å². The summed E-state index contributed by atoms with van der Waals surface area (Å²) in [7, 11) is 0. The fraction of sp³-hybridized carbons (Fsp3) is 0.583. The van der Waals surface area contributed by atoms with Gasteiger partial charge < -0.3 is 4.90 Å². The van der Waals surface area contributed by atoms with E-state index in [2.05, 4.69) is 61.2 Å². The van der Waals surface area contributed by atoms with Gasteiger partial charge in [-0.05, 0) is 68.1 Å². The van der Waals surface area contributed by atoms with E-state index in [0.29, 0.717) is 0 Å². The molecule has 0 saturated heterocycles. The zero-order valence-electron chi connectivity index (χ0n) is 16.5. The number of fused-ring (bicyclic) bond motifs is 1. The molecular formula is C24H37N. The molecule has 0 N–H and O–H groups in total. The first-order chi connectivity index (χ1) is 12.3. The van der Waals surface area contributed by atoms with E-state index in [-0.39, 0.29) is 0 Å². The van der Waals surface area contributed by atoms with Crippen molar-refractivity contribution in [2.75, 3.05) is 19.6 Å². The molecule has 2 rings (SSSR count). The van der Waals surface area contributed by atoms with E-state index in [1.54, 1.807) is 0 Å². The van der Waals surface area contributed by atoms with Crippen molar-refractivity contribution in [3.8, 4) is 0 Å². The Hall–Kier alpha value is -1.34. The van der Waals surface area contributed by atoms with Crippen LogP contribution >= 0.6 is 0 Å². The Morgan fingerprint density at radius 3 is 2.04 bits per heavy atom. The highest BCUT2D eigenvalue weighted by molar-refractivity contribution is 5.85. The number of nitrogens with zero attached hydrogens (tertiary/aromatic N) is 1. The van der Waals surface area contributed by atoms with Gasteiger partial charge in [-0.15, -0.1) is 0 Å². The zero-order chi connectivity index (χ0) is 17.7. The molecule has 0 fully saturated rings. The van der Waals surface area contributed by atoms with Crippen molar-refractivity contribution in [1.29, 1.82) is 0 Å². The summed E-state index contributed by atoms with van der Waals surface area (Å²) in [6, 6.07) is 15.5. The first-order valence-corrected chi connectivity index (χ1v) is 10.5. The van der Waals surface area contributed by atoms with Crippen LogP contribution in [0.1, 0.15) is 70.8 Å². The predicted octanol–water partition coefficient (Wildman–Crippen LogP) is 6.84. The predicted molar refractivity (Wildman–Crippen MR) is 112 cm³/mol. The summed E-state index contributed by atoms with van der Waals surface area (Å²) in [6.45, 7) is 8.44. The Labute approximate surface area is 155 Å². The molecule has 0 amide bonds. The van der Waals surface area contributed by atoms with Crippen molar-refractivity contribution in [1.82, 2.24) is 4.90 Å². The van der Waals surface area contributed by atoms with E-state index in [9.17, 15) is 0 Å². The maximum atomic E-state index is 2.64. The molecule has 25 heavy (non-hydrogen) atoms. The van der Waals surface area contributed by atoms with Crippen LogP contribution in [0.5, 0.6) is 0 Å². The van der Waals surface area contributed by atoms with E-state index in [1.165, 1.54) is 93.8 Å². The molecule has 0 aromatic heterocycles. The third-order valence-electron chi connectivity index (χ3n) is 5.13. The van der Waals surface area contributed by atoms with Crippen molar-refractivity contribution >= 4 is 10.8 Å². The van der Waals surface area contributed by atoms with Crippen LogP contribution in [-0.4, -0.2) is 24.5 Å². The smallest absolute Gasteiger partial charge is 0.00187 e. The van der Waals surface area contributed by atoms with Crippen molar-refractivity contribution in [3.05, 3.63) is 48.0 Å². The molecule has 2 aromatic carbocycles. The van der Waals surface area contributed by atoms with Crippen molar-refractivity contribution in [3.63, 3.8) is 0 Å². The number of hydrogen-bond donors (Lipinski definition) is 0. The molecule has 138 valence electrons. The van der Waals surface area contributed by atoms with Crippen LogP contribution in [-0.2, 0) is 6.42 Å². The largest absolute Gasteiger partial charge is 0.303 e. The topological polar surface area (TPSA) is 3.24 Å². The highest BCUT2D eigenvalue weighted by atomic mass is 15.1. The summed E-state index contributed by atoms with van der Waals surface area (Å²) in [5.74, 6) is 0. The van der Waals surface area contributed by atoms with Crippen LogP contribution in [0.25, 0.3) is 10.8 Å². The molecule has 0 heterocycles. The second-order valence-corrected chi connectivity index (χ2v) is 7.35. The van der Waals surface area contributed by atoms with E-state index < -0.39 is 0 Å². The lowest BCUT2D eigenvalue weighted by Crippen LogP contribution is -2.26. The summed E-state index contributed by atoms with van der Waals surface area (Å²) in [4.78, 5) is 2.64. The van der Waals surface area contributed by atoms with Gasteiger partial charge >= 0.3 is 0 Å². The van der Waals surface area contributed by atoms with Gasteiger partial charge in [-0.2, -0.15) is 0 Å². The first kappa shape index (κ1) is 20.0. The molecule has 0 bridgehead atoms. The summed E-state index contributed by atoms with van der Waals surface area (Å²) >= 11 is 0. The lowest BCUT2D eigenvalue weighted by atomic mass is 9.99. The quantitative estimate of drug-likeness (QED) is 0.361. The van der Waals surface area contributed by atoms with Crippen molar-refractivity contribution < 1.29 is 0 Å². The SMILES string of the molecule is CCCN(CCC)CCCCCCCCc1cccc2ccccc12. The zero-order valence-corrected chi connectivity index (χ0v) is 16.5. The Kier molecular flexibility index (Phi) is 9.66. The molecule has 1 nitrogen and oxygen atoms in total. The molecule has 1 heteroatoms. The monoisotopic (exact) mass is 339 g/mol. The van der Waals surface area contributed by atoms with Gasteiger partial charge in [0.1, 0.15) is 0 Å². The second kappa shape index (κ2) is 12.1. The third kappa shape index (κ3) is 7.20. The van der Waals surface area contributed by atoms with Gasteiger partial charge in [0.25, 0.3) is 0 Å². The average Bonchev–Trinajstić information content (AvgIpc) is 2.64. The number of hydrogen-bond acceptors (Lipinski definition) is 1. The first-order valence-electron chi connectivity index (χ1n) is 10.5. The van der Waals surface area contributed by atoms with Crippen LogP contribution in [0.2, 0.25) is 0 Å². The lowest BCUT2D eigenvalue weighted by molar-refractivity contribution is 0.267. The van der Waals surface area contributed by atoms with Crippen molar-refractivity contribution in [2.45, 2.75) is 71.6 Å². The number of benzene rings is 2. The molecule has 0 radical (unpaired) electrons. The van der Waals surface area contributed by atoms with E-state index in [4.69, 9.17) is 0 Å². The Morgan fingerprint density at radius 1 is 0.640 bits per heavy atom. The molecule has 0 aliphatic carbocycles. The third-order valence-corrected chi connectivity index (χ3v) is 5.13. The minimum atomic E-state index is 1.22. The van der Waals surface area contributed by atoms with Crippen molar-refractivity contribution in [2.24, 2.45) is 0 Å². The molecule has 0 spiro atoms. The minimum absolute atomic E-state index is 1.22. The van der Waals surface area contributed by atoms with Crippen LogP contribution in [0.15, 0.2) is 42.5 Å². The van der Waals surface area contributed by atoms with Gasteiger partial charge in [-0.25, -0.2) is 0 Å². The maximum absolute atomic E-state index is 2.64. The van der Waals surface area contributed by atoms with Gasteiger partial charge in [-0.3, -0.25) is 0 Å². The molecule has 0 saturated carbocycles. The Balaban J connectivity index is 1.57. The van der Waals surface area contributed by atoms with Gasteiger partial charge in [0.05, 0.1) is 0 Å². The van der Waals surface area contributed by atoms with E-state index in [0.717, 1.165) is 0 Å². The lowest BCUT2D eigenvalue weighted by Gasteiger charge is -2.20. The summed E-state index contributed by atoms with van der Waals surface area (Å²) in [6.07, 6.45) is 12.1. The second-order valence-electron chi connectivity index (χ2n) is 7.35. The standard InChI is InChI=1S/C24H37N/c1-3-19-25(20-4-2)21-12-8-6-5-7-9-14-22-16-13-17-23-15-10-11-18-24(22)23/h10-11,13,15-18H,3-9,12,14,19-21H2,1-2H3. The van der Waals surface area contributed by atoms with Gasteiger partial charge in [0, 0.05) is 0 Å². The molecule has 0 unspecified atom stereocenters. The number of aryl methyl sites for hydroxylation is 1. The highest BCUT2D eigenvalue weighted by Gasteiger charge is 2.02. The summed E-state index contributed by atoms with van der Waals surface area (Å²) < 4.78 is 0. The fourth-order valence-corrected chi connectivity index (χ4v) is 3.84.